The predicted molar refractivity (Wildman–Crippen MR) is 202 cm³/mol. The normalized spacial score (nSPS) is 12.0. The second-order valence-corrected chi connectivity index (χ2v) is 13.3. The lowest BCUT2D eigenvalue weighted by molar-refractivity contribution is -0.122. The summed E-state index contributed by atoms with van der Waals surface area (Å²) in [6.07, 6.45) is -0.283. The van der Waals surface area contributed by atoms with Crippen molar-refractivity contribution < 1.29 is 14.3 Å². The lowest BCUT2D eigenvalue weighted by Crippen LogP contribution is -2.32. The van der Waals surface area contributed by atoms with E-state index in [1.54, 1.807) is 18.2 Å². The largest absolute Gasteiger partial charge is 0.480 e. The van der Waals surface area contributed by atoms with Gasteiger partial charge >= 0.3 is 0 Å². The lowest BCUT2D eigenvalue weighted by Gasteiger charge is -2.20. The maximum atomic E-state index is 14.2. The SMILES string of the molecule is CCC(Oc1ccc(C)cc1C)C(=O)Nc1ccc(Cl)c(NC(=O)C(=Nc2ccc(N(C)C)cc2C)c2c(C)c(Cl)c(C)c(Cl)c2C)c1. The fourth-order valence-electron chi connectivity index (χ4n) is 5.41. The highest BCUT2D eigenvalue weighted by molar-refractivity contribution is 6.51. The molecule has 1 unspecified atom stereocenters. The van der Waals surface area contributed by atoms with Crippen molar-refractivity contribution in [3.8, 4) is 5.75 Å². The number of ether oxygens (including phenoxy) is 1. The Morgan fingerprint density at radius 3 is 2.06 bits per heavy atom. The van der Waals surface area contributed by atoms with E-state index in [-0.39, 0.29) is 22.3 Å². The second-order valence-electron chi connectivity index (χ2n) is 12.1. The number of nitrogens with zero attached hydrogens (tertiary/aromatic N) is 2. The molecule has 0 aromatic heterocycles. The number of aryl methyl sites for hydroxylation is 3. The van der Waals surface area contributed by atoms with Gasteiger partial charge in [0.25, 0.3) is 11.8 Å². The van der Waals surface area contributed by atoms with Crippen LogP contribution in [0.4, 0.5) is 22.7 Å². The van der Waals surface area contributed by atoms with Crippen LogP contribution in [0.1, 0.15) is 52.3 Å². The van der Waals surface area contributed by atoms with E-state index in [4.69, 9.17) is 44.5 Å². The van der Waals surface area contributed by atoms with E-state index in [0.717, 1.165) is 27.9 Å². The molecule has 0 fully saturated rings. The van der Waals surface area contributed by atoms with Crippen LogP contribution in [0.3, 0.4) is 0 Å². The molecular weight excluding hydrogens is 667 g/mol. The first-order chi connectivity index (χ1) is 22.6. The van der Waals surface area contributed by atoms with Gasteiger partial charge in [0.1, 0.15) is 11.5 Å². The highest BCUT2D eigenvalue weighted by Crippen LogP contribution is 2.36. The third-order valence-corrected chi connectivity index (χ3v) is 9.66. The molecule has 0 aliphatic rings. The summed E-state index contributed by atoms with van der Waals surface area (Å²) in [5.41, 5.74) is 7.98. The topological polar surface area (TPSA) is 83.0 Å². The second kappa shape index (κ2) is 15.5. The Hall–Kier alpha value is -4.04. The minimum absolute atomic E-state index is 0.118. The number of carbonyl (C=O) groups is 2. The van der Waals surface area contributed by atoms with Crippen molar-refractivity contribution >= 4 is 75.1 Å². The Kier molecular flexibility index (Phi) is 11.8. The number of anilines is 3. The molecule has 2 amide bonds. The molecule has 7 nitrogen and oxygen atoms in total. The van der Waals surface area contributed by atoms with Crippen molar-refractivity contribution in [1.82, 2.24) is 0 Å². The maximum absolute atomic E-state index is 14.2. The molecule has 0 heterocycles. The van der Waals surface area contributed by atoms with E-state index >= 15 is 0 Å². The number of hydrogen-bond acceptors (Lipinski definition) is 5. The zero-order valence-corrected chi connectivity index (χ0v) is 31.0. The molecule has 252 valence electrons. The molecule has 0 saturated carbocycles. The van der Waals surface area contributed by atoms with E-state index in [2.05, 4.69) is 10.6 Å². The summed E-state index contributed by atoms with van der Waals surface area (Å²) in [5.74, 6) is -0.207. The van der Waals surface area contributed by atoms with Crippen LogP contribution in [-0.4, -0.2) is 37.7 Å². The van der Waals surface area contributed by atoms with Crippen LogP contribution in [0.25, 0.3) is 0 Å². The molecule has 1 atom stereocenters. The highest BCUT2D eigenvalue weighted by Gasteiger charge is 2.25. The van der Waals surface area contributed by atoms with Crippen LogP contribution >= 0.6 is 34.8 Å². The number of rotatable bonds is 10. The molecule has 0 aliphatic carbocycles. The van der Waals surface area contributed by atoms with Crippen molar-refractivity contribution in [1.29, 1.82) is 0 Å². The fraction of sp³-hybridized carbons (Fsp3) is 0.289. The van der Waals surface area contributed by atoms with Gasteiger partial charge in [-0.1, -0.05) is 59.4 Å². The third kappa shape index (κ3) is 8.15. The summed E-state index contributed by atoms with van der Waals surface area (Å²) < 4.78 is 6.07. The van der Waals surface area contributed by atoms with Gasteiger partial charge in [-0.05, 0) is 118 Å². The first-order valence-electron chi connectivity index (χ1n) is 15.6. The molecule has 2 N–H and O–H groups in total. The fourth-order valence-corrected chi connectivity index (χ4v) is 6.00. The molecule has 0 radical (unpaired) electrons. The molecule has 48 heavy (non-hydrogen) atoms. The summed E-state index contributed by atoms with van der Waals surface area (Å²) in [6, 6.07) is 16.5. The van der Waals surface area contributed by atoms with Crippen molar-refractivity contribution in [2.24, 2.45) is 4.99 Å². The first-order valence-corrected chi connectivity index (χ1v) is 16.7. The van der Waals surface area contributed by atoms with Crippen molar-refractivity contribution in [2.75, 3.05) is 29.6 Å². The summed E-state index contributed by atoms with van der Waals surface area (Å²) in [4.78, 5) is 34.4. The summed E-state index contributed by atoms with van der Waals surface area (Å²) >= 11 is 20.0. The minimum atomic E-state index is -0.733. The van der Waals surface area contributed by atoms with Gasteiger partial charge in [0.2, 0.25) is 0 Å². The Bertz CT molecular complexity index is 1890. The van der Waals surface area contributed by atoms with E-state index in [9.17, 15) is 9.59 Å². The van der Waals surface area contributed by atoms with E-state index in [1.807, 2.05) is 104 Å². The molecule has 0 aliphatic heterocycles. The van der Waals surface area contributed by atoms with Crippen LogP contribution in [-0.2, 0) is 9.59 Å². The number of aliphatic imine (C=N–C) groups is 1. The van der Waals surface area contributed by atoms with Gasteiger partial charge in [0.05, 0.1) is 16.4 Å². The van der Waals surface area contributed by atoms with Gasteiger partial charge in [-0.15, -0.1) is 0 Å². The highest BCUT2D eigenvalue weighted by atomic mass is 35.5. The summed E-state index contributed by atoms with van der Waals surface area (Å²) in [6.45, 7) is 13.3. The van der Waals surface area contributed by atoms with Gasteiger partial charge in [-0.2, -0.15) is 0 Å². The monoisotopic (exact) mass is 706 g/mol. The number of nitrogens with one attached hydrogen (secondary N) is 2. The average Bonchev–Trinajstić information content (AvgIpc) is 3.04. The Labute approximate surface area is 298 Å². The first kappa shape index (κ1) is 36.8. The van der Waals surface area contributed by atoms with Gasteiger partial charge in [0.15, 0.2) is 6.10 Å². The van der Waals surface area contributed by atoms with Crippen LogP contribution < -0.4 is 20.3 Å². The number of halogens is 3. The third-order valence-electron chi connectivity index (χ3n) is 8.19. The molecule has 0 saturated heterocycles. The van der Waals surface area contributed by atoms with Crippen molar-refractivity contribution in [3.63, 3.8) is 0 Å². The predicted octanol–water partition coefficient (Wildman–Crippen LogP) is 10.1. The van der Waals surface area contributed by atoms with Gasteiger partial charge < -0.3 is 20.3 Å². The van der Waals surface area contributed by atoms with Gasteiger partial charge in [-0.3, -0.25) is 9.59 Å². The number of amides is 2. The smallest absolute Gasteiger partial charge is 0.274 e. The number of carbonyl (C=O) groups excluding carboxylic acids is 2. The lowest BCUT2D eigenvalue weighted by atomic mass is 9.94. The van der Waals surface area contributed by atoms with Crippen LogP contribution in [0.2, 0.25) is 15.1 Å². The standard InChI is InChI=1S/C38H41Cl3N4O3/c1-10-31(48-32-16-11-20(2)17-22(32)4)37(46)42-26-12-14-28(39)30(19-26)44-38(47)36(33-23(5)34(40)25(7)35(41)24(33)6)43-29-15-13-27(45(8)9)18-21(29)3/h11-19,31H,10H2,1-9H3,(H,42,46)(H,44,47). The van der Waals surface area contributed by atoms with Crippen LogP contribution in [0.15, 0.2) is 59.6 Å². The Morgan fingerprint density at radius 2 is 1.48 bits per heavy atom. The molecule has 0 bridgehead atoms. The Balaban J connectivity index is 1.70. The molecule has 0 spiro atoms. The van der Waals surface area contributed by atoms with Gasteiger partial charge in [0, 0.05) is 41.1 Å². The minimum Gasteiger partial charge on any atom is -0.480 e. The molecule has 10 heteroatoms. The van der Waals surface area contributed by atoms with Crippen molar-refractivity contribution in [3.05, 3.63) is 109 Å². The van der Waals surface area contributed by atoms with E-state index in [1.165, 1.54) is 0 Å². The zero-order chi connectivity index (χ0) is 35.4. The van der Waals surface area contributed by atoms with E-state index in [0.29, 0.717) is 50.3 Å². The van der Waals surface area contributed by atoms with Crippen molar-refractivity contribution in [2.45, 2.75) is 61.0 Å². The molecule has 4 aromatic carbocycles. The van der Waals surface area contributed by atoms with E-state index < -0.39 is 12.0 Å². The van der Waals surface area contributed by atoms with Gasteiger partial charge in [-0.25, -0.2) is 4.99 Å². The number of benzene rings is 4. The van der Waals surface area contributed by atoms with Crippen LogP contribution in [0, 0.1) is 41.5 Å². The quantitative estimate of drug-likeness (QED) is 0.161. The maximum Gasteiger partial charge on any atom is 0.274 e. The average molecular weight is 708 g/mol. The Morgan fingerprint density at radius 1 is 0.812 bits per heavy atom. The summed E-state index contributed by atoms with van der Waals surface area (Å²) in [5, 5.41) is 7.01. The molecule has 4 rings (SSSR count). The summed E-state index contributed by atoms with van der Waals surface area (Å²) in [7, 11) is 3.92. The zero-order valence-electron chi connectivity index (χ0n) is 28.7. The van der Waals surface area contributed by atoms with Crippen LogP contribution in [0.5, 0.6) is 5.75 Å². The molecular formula is C38H41Cl3N4O3. The number of hydrogen-bond donors (Lipinski definition) is 2. The molecule has 4 aromatic rings.